The van der Waals surface area contributed by atoms with E-state index in [1.807, 2.05) is 6.07 Å². The molecule has 0 heterocycles. The Kier molecular flexibility index (Phi) is 2.76. The van der Waals surface area contributed by atoms with E-state index < -0.39 is 0 Å². The van der Waals surface area contributed by atoms with E-state index in [2.05, 4.69) is 25.1 Å². The Morgan fingerprint density at radius 2 is 2.00 bits per heavy atom. The van der Waals surface area contributed by atoms with Gasteiger partial charge < -0.3 is 0 Å². The average Bonchev–Trinajstić information content (AvgIpc) is 2.05. The Morgan fingerprint density at radius 1 is 1.30 bits per heavy atom. The van der Waals surface area contributed by atoms with Gasteiger partial charge in [0.05, 0.1) is 0 Å². The van der Waals surface area contributed by atoms with Crippen LogP contribution >= 0.6 is 11.6 Å². The highest BCUT2D eigenvalue weighted by atomic mass is 35.5. The Hall–Kier alpha value is -0.490. The van der Waals surface area contributed by atoms with Crippen molar-refractivity contribution in [3.8, 4) is 0 Å². The van der Waals surface area contributed by atoms with E-state index in [0.29, 0.717) is 5.88 Å². The molecule has 0 bridgehead atoms. The van der Waals surface area contributed by atoms with Crippen molar-refractivity contribution < 1.29 is 0 Å². The van der Waals surface area contributed by atoms with E-state index in [0.717, 1.165) is 6.42 Å². The van der Waals surface area contributed by atoms with Crippen molar-refractivity contribution in [2.75, 3.05) is 0 Å². The third-order valence-corrected chi connectivity index (χ3v) is 1.86. The summed E-state index contributed by atoms with van der Waals surface area (Å²) in [6, 6.07) is 8.37. The summed E-state index contributed by atoms with van der Waals surface area (Å²) in [4.78, 5) is 0. The fraction of sp³-hybridized carbons (Fsp3) is 0.333. The van der Waals surface area contributed by atoms with Crippen molar-refractivity contribution >= 4 is 11.6 Å². The number of alkyl halides is 1. The first-order valence-electron chi connectivity index (χ1n) is 3.50. The van der Waals surface area contributed by atoms with Crippen LogP contribution in [0.4, 0.5) is 0 Å². The van der Waals surface area contributed by atoms with E-state index >= 15 is 0 Å². The molecule has 1 heteroatoms. The molecule has 0 nitrogen and oxygen atoms in total. The summed E-state index contributed by atoms with van der Waals surface area (Å²) < 4.78 is 0. The van der Waals surface area contributed by atoms with Gasteiger partial charge in [-0.1, -0.05) is 31.2 Å². The van der Waals surface area contributed by atoms with Crippen LogP contribution in [-0.4, -0.2) is 0 Å². The molecule has 0 atom stereocenters. The zero-order valence-electron chi connectivity index (χ0n) is 6.10. The Morgan fingerprint density at radius 3 is 2.60 bits per heavy atom. The minimum atomic E-state index is 0.619. The molecule has 0 aliphatic rings. The quantitative estimate of drug-likeness (QED) is 0.575. The second kappa shape index (κ2) is 3.62. The summed E-state index contributed by atoms with van der Waals surface area (Å²) in [6.45, 7) is 2.15. The smallest absolute Gasteiger partial charge is 0.0474 e. The summed E-state index contributed by atoms with van der Waals surface area (Å²) in [5, 5.41) is 0. The van der Waals surface area contributed by atoms with Crippen molar-refractivity contribution in [1.29, 1.82) is 0 Å². The molecule has 0 saturated heterocycles. The lowest BCUT2D eigenvalue weighted by molar-refractivity contribution is 1.13. The molecule has 10 heavy (non-hydrogen) atoms. The van der Waals surface area contributed by atoms with Crippen LogP contribution in [0.1, 0.15) is 18.1 Å². The first kappa shape index (κ1) is 7.62. The minimum absolute atomic E-state index is 0.619. The second-order valence-corrected chi connectivity index (χ2v) is 2.57. The summed E-state index contributed by atoms with van der Waals surface area (Å²) in [6.07, 6.45) is 1.09. The highest BCUT2D eigenvalue weighted by molar-refractivity contribution is 6.17. The number of benzene rings is 1. The SMILES string of the molecule is CCc1cccc(CCl)c1. The highest BCUT2D eigenvalue weighted by Crippen LogP contribution is 2.07. The van der Waals surface area contributed by atoms with Crippen LogP contribution in [-0.2, 0) is 12.3 Å². The maximum atomic E-state index is 5.66. The third-order valence-electron chi connectivity index (χ3n) is 1.55. The average molecular weight is 155 g/mol. The first-order chi connectivity index (χ1) is 4.86. The van der Waals surface area contributed by atoms with Gasteiger partial charge in [-0.15, -0.1) is 11.6 Å². The fourth-order valence-corrected chi connectivity index (χ4v) is 1.10. The molecule has 0 radical (unpaired) electrons. The van der Waals surface area contributed by atoms with Crippen molar-refractivity contribution in [2.24, 2.45) is 0 Å². The number of halogens is 1. The van der Waals surface area contributed by atoms with Gasteiger partial charge in [0, 0.05) is 5.88 Å². The Balaban J connectivity index is 2.87. The Labute approximate surface area is 66.8 Å². The Bertz CT molecular complexity index is 186. The van der Waals surface area contributed by atoms with Crippen molar-refractivity contribution in [3.63, 3.8) is 0 Å². The van der Waals surface area contributed by atoms with Crippen LogP contribution in [0.5, 0.6) is 0 Å². The lowest BCUT2D eigenvalue weighted by Crippen LogP contribution is -1.82. The number of rotatable bonds is 2. The normalized spacial score (nSPS) is 9.80. The summed E-state index contributed by atoms with van der Waals surface area (Å²) >= 11 is 5.66. The topological polar surface area (TPSA) is 0 Å². The van der Waals surface area contributed by atoms with Gasteiger partial charge in [-0.05, 0) is 17.5 Å². The molecule has 0 spiro atoms. The lowest BCUT2D eigenvalue weighted by atomic mass is 10.1. The van der Waals surface area contributed by atoms with E-state index in [1.165, 1.54) is 11.1 Å². The van der Waals surface area contributed by atoms with Crippen LogP contribution in [0.25, 0.3) is 0 Å². The molecular weight excluding hydrogens is 144 g/mol. The van der Waals surface area contributed by atoms with Gasteiger partial charge >= 0.3 is 0 Å². The fourth-order valence-electron chi connectivity index (χ4n) is 0.933. The van der Waals surface area contributed by atoms with Gasteiger partial charge in [-0.2, -0.15) is 0 Å². The van der Waals surface area contributed by atoms with Gasteiger partial charge in [0.2, 0.25) is 0 Å². The van der Waals surface area contributed by atoms with Crippen molar-refractivity contribution in [2.45, 2.75) is 19.2 Å². The molecule has 1 aromatic rings. The van der Waals surface area contributed by atoms with Gasteiger partial charge in [0.15, 0.2) is 0 Å². The number of aryl methyl sites for hydroxylation is 1. The van der Waals surface area contributed by atoms with Crippen LogP contribution in [0, 0.1) is 0 Å². The molecule has 1 aromatic carbocycles. The van der Waals surface area contributed by atoms with E-state index in [4.69, 9.17) is 11.6 Å². The monoisotopic (exact) mass is 154 g/mol. The van der Waals surface area contributed by atoms with Gasteiger partial charge in [0.25, 0.3) is 0 Å². The summed E-state index contributed by atoms with van der Waals surface area (Å²) in [7, 11) is 0. The number of hydrogen-bond donors (Lipinski definition) is 0. The zero-order valence-corrected chi connectivity index (χ0v) is 6.86. The minimum Gasteiger partial charge on any atom is -0.122 e. The molecule has 0 N–H and O–H groups in total. The molecule has 0 aliphatic carbocycles. The largest absolute Gasteiger partial charge is 0.122 e. The molecule has 0 saturated carbocycles. The van der Waals surface area contributed by atoms with Gasteiger partial charge in [0.1, 0.15) is 0 Å². The molecule has 0 fully saturated rings. The first-order valence-corrected chi connectivity index (χ1v) is 4.04. The van der Waals surface area contributed by atoms with Crippen LogP contribution in [0.3, 0.4) is 0 Å². The maximum Gasteiger partial charge on any atom is 0.0474 e. The van der Waals surface area contributed by atoms with E-state index in [1.54, 1.807) is 0 Å². The van der Waals surface area contributed by atoms with Gasteiger partial charge in [-0.3, -0.25) is 0 Å². The van der Waals surface area contributed by atoms with Crippen LogP contribution < -0.4 is 0 Å². The highest BCUT2D eigenvalue weighted by Gasteiger charge is 1.90. The predicted octanol–water partition coefficient (Wildman–Crippen LogP) is 2.99. The van der Waals surface area contributed by atoms with Crippen LogP contribution in [0.2, 0.25) is 0 Å². The molecule has 0 aromatic heterocycles. The van der Waals surface area contributed by atoms with Gasteiger partial charge in [-0.25, -0.2) is 0 Å². The van der Waals surface area contributed by atoms with Crippen LogP contribution in [0.15, 0.2) is 24.3 Å². The second-order valence-electron chi connectivity index (χ2n) is 2.31. The molecule has 0 unspecified atom stereocenters. The molecule has 1 rings (SSSR count). The third kappa shape index (κ3) is 1.74. The molecular formula is C9H11Cl. The zero-order chi connectivity index (χ0) is 7.40. The standard InChI is InChI=1S/C9H11Cl/c1-2-8-4-3-5-9(6-8)7-10/h3-6H,2,7H2,1H3. The van der Waals surface area contributed by atoms with Crippen molar-refractivity contribution in [3.05, 3.63) is 35.4 Å². The summed E-state index contributed by atoms with van der Waals surface area (Å²) in [5.41, 5.74) is 2.57. The molecule has 0 amide bonds. The van der Waals surface area contributed by atoms with E-state index in [-0.39, 0.29) is 0 Å². The molecule has 54 valence electrons. The predicted molar refractivity (Wildman–Crippen MR) is 45.4 cm³/mol. The lowest BCUT2D eigenvalue weighted by Gasteiger charge is -1.97. The van der Waals surface area contributed by atoms with E-state index in [9.17, 15) is 0 Å². The maximum absolute atomic E-state index is 5.66. The molecule has 0 aliphatic heterocycles. The van der Waals surface area contributed by atoms with Crippen molar-refractivity contribution in [1.82, 2.24) is 0 Å². The summed E-state index contributed by atoms with van der Waals surface area (Å²) in [5.74, 6) is 0.619. The number of hydrogen-bond acceptors (Lipinski definition) is 0.